The largest absolute Gasteiger partial charge is 0.311 e. The molecule has 0 amide bonds. The summed E-state index contributed by atoms with van der Waals surface area (Å²) in [6.45, 7) is 12.4. The van der Waals surface area contributed by atoms with Crippen molar-refractivity contribution in [2.45, 2.75) is 65.3 Å². The molecule has 20 heavy (non-hydrogen) atoms. The van der Waals surface area contributed by atoms with Gasteiger partial charge in [-0.15, -0.1) is 0 Å². The molecule has 0 aliphatic heterocycles. The van der Waals surface area contributed by atoms with E-state index in [2.05, 4.69) is 80.1 Å². The van der Waals surface area contributed by atoms with Gasteiger partial charge in [0.2, 0.25) is 0 Å². The fraction of sp³-hybridized carbons (Fsp3) is 0.667. The molecule has 0 fully saturated rings. The van der Waals surface area contributed by atoms with E-state index in [4.69, 9.17) is 0 Å². The molecule has 1 N–H and O–H groups in total. The number of benzene rings is 1. The fourth-order valence-corrected chi connectivity index (χ4v) is 2.79. The Hall–Kier alpha value is -0.340. The van der Waals surface area contributed by atoms with Gasteiger partial charge in [0.1, 0.15) is 0 Å². The summed E-state index contributed by atoms with van der Waals surface area (Å²) in [5.41, 5.74) is 1.64. The molecule has 1 nitrogen and oxygen atoms in total. The van der Waals surface area contributed by atoms with Gasteiger partial charge in [0.15, 0.2) is 0 Å². The average molecular weight is 340 g/mol. The Labute approximate surface area is 133 Å². The second-order valence-corrected chi connectivity index (χ2v) is 7.71. The molecular formula is C18H30BrN. The van der Waals surface area contributed by atoms with Crippen molar-refractivity contribution >= 4 is 15.9 Å². The standard InChI is InChI=1S/C18H30BrN/c1-6-14(7-2)12-16(13-20-18(3,4)5)15-8-10-17(19)11-9-15/h8-11,14,16,20H,6-7,12-13H2,1-5H3. The highest BCUT2D eigenvalue weighted by Crippen LogP contribution is 2.28. The maximum absolute atomic E-state index is 3.68. The van der Waals surface area contributed by atoms with Crippen molar-refractivity contribution < 1.29 is 0 Å². The van der Waals surface area contributed by atoms with E-state index in [1.807, 2.05) is 0 Å². The van der Waals surface area contributed by atoms with Crippen LogP contribution >= 0.6 is 15.9 Å². The lowest BCUT2D eigenvalue weighted by Gasteiger charge is -2.28. The Morgan fingerprint density at radius 3 is 2.05 bits per heavy atom. The monoisotopic (exact) mass is 339 g/mol. The Morgan fingerprint density at radius 2 is 1.60 bits per heavy atom. The minimum Gasteiger partial charge on any atom is -0.311 e. The first-order valence-corrected chi connectivity index (χ1v) is 8.65. The molecule has 114 valence electrons. The topological polar surface area (TPSA) is 12.0 Å². The van der Waals surface area contributed by atoms with E-state index in [0.29, 0.717) is 5.92 Å². The second kappa shape index (κ2) is 8.19. The van der Waals surface area contributed by atoms with Gasteiger partial charge in [0.05, 0.1) is 0 Å². The van der Waals surface area contributed by atoms with Crippen LogP contribution in [0.3, 0.4) is 0 Å². The molecule has 0 aliphatic rings. The van der Waals surface area contributed by atoms with Crippen molar-refractivity contribution in [3.05, 3.63) is 34.3 Å². The Bertz CT molecular complexity index is 373. The number of rotatable bonds is 7. The SMILES string of the molecule is CCC(CC)CC(CNC(C)(C)C)c1ccc(Br)cc1. The van der Waals surface area contributed by atoms with Crippen LogP contribution in [0, 0.1) is 5.92 Å². The number of halogens is 1. The van der Waals surface area contributed by atoms with Crippen LogP contribution in [0.4, 0.5) is 0 Å². The lowest BCUT2D eigenvalue weighted by atomic mass is 9.85. The van der Waals surface area contributed by atoms with Crippen LogP contribution in [0.5, 0.6) is 0 Å². The molecule has 0 aliphatic carbocycles. The summed E-state index contributed by atoms with van der Waals surface area (Å²) in [4.78, 5) is 0. The van der Waals surface area contributed by atoms with Gasteiger partial charge < -0.3 is 5.32 Å². The molecule has 1 rings (SSSR count). The van der Waals surface area contributed by atoms with E-state index in [9.17, 15) is 0 Å². The molecule has 1 aromatic carbocycles. The highest BCUT2D eigenvalue weighted by molar-refractivity contribution is 9.10. The van der Waals surface area contributed by atoms with Gasteiger partial charge >= 0.3 is 0 Å². The molecule has 0 spiro atoms. The Morgan fingerprint density at radius 1 is 1.05 bits per heavy atom. The third-order valence-corrected chi connectivity index (χ3v) is 4.52. The van der Waals surface area contributed by atoms with Crippen LogP contribution in [0.15, 0.2) is 28.7 Å². The molecule has 0 bridgehead atoms. The summed E-state index contributed by atoms with van der Waals surface area (Å²) in [6, 6.07) is 8.85. The van der Waals surface area contributed by atoms with Gasteiger partial charge in [-0.3, -0.25) is 0 Å². The molecule has 0 saturated carbocycles. The number of nitrogens with one attached hydrogen (secondary N) is 1. The zero-order chi connectivity index (χ0) is 15.2. The smallest absolute Gasteiger partial charge is 0.0175 e. The van der Waals surface area contributed by atoms with Crippen LogP contribution in [0.1, 0.15) is 65.4 Å². The lowest BCUT2D eigenvalue weighted by Crippen LogP contribution is -2.38. The zero-order valence-electron chi connectivity index (χ0n) is 13.7. The maximum Gasteiger partial charge on any atom is 0.0175 e. The summed E-state index contributed by atoms with van der Waals surface area (Å²) in [5.74, 6) is 1.43. The van der Waals surface area contributed by atoms with Crippen molar-refractivity contribution in [1.82, 2.24) is 5.32 Å². The van der Waals surface area contributed by atoms with E-state index in [-0.39, 0.29) is 5.54 Å². The van der Waals surface area contributed by atoms with Crippen molar-refractivity contribution in [2.75, 3.05) is 6.54 Å². The van der Waals surface area contributed by atoms with Gasteiger partial charge in [-0.05, 0) is 56.7 Å². The first-order chi connectivity index (χ1) is 9.35. The molecule has 0 saturated heterocycles. The molecule has 2 heteroatoms. The van der Waals surface area contributed by atoms with Crippen LogP contribution in [0.2, 0.25) is 0 Å². The molecule has 1 atom stereocenters. The predicted octanol–water partition coefficient (Wildman–Crippen LogP) is 5.75. The molecule has 1 aromatic rings. The molecule has 0 radical (unpaired) electrons. The highest BCUT2D eigenvalue weighted by Gasteiger charge is 2.19. The van der Waals surface area contributed by atoms with Crippen LogP contribution in [0.25, 0.3) is 0 Å². The van der Waals surface area contributed by atoms with Crippen molar-refractivity contribution in [3.8, 4) is 0 Å². The van der Waals surface area contributed by atoms with Crippen molar-refractivity contribution in [1.29, 1.82) is 0 Å². The van der Waals surface area contributed by atoms with Crippen molar-refractivity contribution in [2.24, 2.45) is 5.92 Å². The molecule has 0 aromatic heterocycles. The lowest BCUT2D eigenvalue weighted by molar-refractivity contribution is 0.356. The summed E-state index contributed by atoms with van der Waals surface area (Å²) in [5, 5.41) is 3.68. The van der Waals surface area contributed by atoms with Gasteiger partial charge in [-0.25, -0.2) is 0 Å². The van der Waals surface area contributed by atoms with E-state index < -0.39 is 0 Å². The Balaban J connectivity index is 2.80. The van der Waals surface area contributed by atoms with E-state index in [0.717, 1.165) is 16.9 Å². The summed E-state index contributed by atoms with van der Waals surface area (Å²) >= 11 is 3.53. The predicted molar refractivity (Wildman–Crippen MR) is 93.3 cm³/mol. The normalized spacial score (nSPS) is 13.8. The third kappa shape index (κ3) is 6.41. The van der Waals surface area contributed by atoms with Crippen LogP contribution in [-0.4, -0.2) is 12.1 Å². The fourth-order valence-electron chi connectivity index (χ4n) is 2.53. The first-order valence-electron chi connectivity index (χ1n) is 7.86. The van der Waals surface area contributed by atoms with Crippen LogP contribution < -0.4 is 5.32 Å². The minimum absolute atomic E-state index is 0.182. The summed E-state index contributed by atoms with van der Waals surface area (Å²) < 4.78 is 1.16. The van der Waals surface area contributed by atoms with Gasteiger partial charge in [-0.1, -0.05) is 54.8 Å². The average Bonchev–Trinajstić information content (AvgIpc) is 2.39. The van der Waals surface area contributed by atoms with Gasteiger partial charge in [-0.2, -0.15) is 0 Å². The maximum atomic E-state index is 3.68. The quantitative estimate of drug-likeness (QED) is 0.667. The second-order valence-electron chi connectivity index (χ2n) is 6.80. The Kier molecular flexibility index (Phi) is 7.25. The summed E-state index contributed by atoms with van der Waals surface area (Å²) in [6.07, 6.45) is 3.83. The van der Waals surface area contributed by atoms with E-state index in [1.54, 1.807) is 0 Å². The molecule has 0 heterocycles. The van der Waals surface area contributed by atoms with Crippen LogP contribution in [-0.2, 0) is 0 Å². The van der Waals surface area contributed by atoms with E-state index >= 15 is 0 Å². The number of hydrogen-bond acceptors (Lipinski definition) is 1. The first kappa shape index (κ1) is 17.7. The van der Waals surface area contributed by atoms with E-state index in [1.165, 1.54) is 24.8 Å². The van der Waals surface area contributed by atoms with Gasteiger partial charge in [0.25, 0.3) is 0 Å². The highest BCUT2D eigenvalue weighted by atomic mass is 79.9. The molecular weight excluding hydrogens is 310 g/mol. The third-order valence-electron chi connectivity index (χ3n) is 3.99. The summed E-state index contributed by atoms with van der Waals surface area (Å²) in [7, 11) is 0. The molecule has 1 unspecified atom stereocenters. The zero-order valence-corrected chi connectivity index (χ0v) is 15.3. The van der Waals surface area contributed by atoms with Gasteiger partial charge in [0, 0.05) is 16.6 Å². The number of hydrogen-bond donors (Lipinski definition) is 1. The van der Waals surface area contributed by atoms with Crippen molar-refractivity contribution in [3.63, 3.8) is 0 Å². The minimum atomic E-state index is 0.182.